The third-order valence-electron chi connectivity index (χ3n) is 11.5. The van der Waals surface area contributed by atoms with Crippen molar-refractivity contribution in [3.63, 3.8) is 0 Å². The molecule has 0 aliphatic heterocycles. The van der Waals surface area contributed by atoms with Gasteiger partial charge in [0.15, 0.2) is 13.6 Å². The number of rotatable bonds is 32. The lowest BCUT2D eigenvalue weighted by atomic mass is 10.0. The normalized spacial score (nSPS) is 13.9. The monoisotopic (exact) mass is 840 g/mol. The highest BCUT2D eigenvalue weighted by atomic mass is 16.7. The molecule has 0 fully saturated rings. The minimum atomic E-state index is 0.219. The van der Waals surface area contributed by atoms with E-state index in [1.807, 2.05) is 0 Å². The van der Waals surface area contributed by atoms with E-state index in [1.165, 1.54) is 75.8 Å². The first-order valence-corrected chi connectivity index (χ1v) is 23.4. The molecule has 0 atom stereocenters. The van der Waals surface area contributed by atoms with Crippen LogP contribution in [0.2, 0.25) is 0 Å². The van der Waals surface area contributed by atoms with E-state index in [-0.39, 0.29) is 13.6 Å². The summed E-state index contributed by atoms with van der Waals surface area (Å²) in [5, 5.41) is 0. The van der Waals surface area contributed by atoms with Gasteiger partial charge in [-0.25, -0.2) is 0 Å². The highest BCUT2D eigenvalue weighted by Crippen LogP contribution is 2.34. The fraction of sp³-hybridized carbons (Fsp3) is 0.579. The molecular weight excluding hydrogens is 750 g/mol. The van der Waals surface area contributed by atoms with Gasteiger partial charge in [-0.15, -0.1) is 0 Å². The summed E-state index contributed by atoms with van der Waals surface area (Å²) in [6, 6.07) is 2.08. The number of benzene rings is 1. The molecule has 0 amide bonds. The van der Waals surface area contributed by atoms with Crippen molar-refractivity contribution in [2.45, 2.75) is 192 Å². The molecule has 0 spiro atoms. The highest BCUT2D eigenvalue weighted by Gasteiger charge is 2.15. The minimum absolute atomic E-state index is 0.219. The van der Waals surface area contributed by atoms with Gasteiger partial charge in [0.05, 0.1) is 0 Å². The van der Waals surface area contributed by atoms with Gasteiger partial charge in [-0.05, 0) is 209 Å². The van der Waals surface area contributed by atoms with Crippen LogP contribution in [0.25, 0.3) is 0 Å². The molecule has 0 aliphatic carbocycles. The van der Waals surface area contributed by atoms with Gasteiger partial charge in [0.25, 0.3) is 0 Å². The Labute approximate surface area is 376 Å². The maximum Gasteiger partial charge on any atom is 0.188 e. The molecule has 4 nitrogen and oxygen atoms in total. The number of ether oxygens (including phenoxy) is 4. The molecule has 1 aromatic carbocycles. The molecule has 0 heterocycles. The van der Waals surface area contributed by atoms with E-state index in [1.54, 1.807) is 14.2 Å². The summed E-state index contributed by atoms with van der Waals surface area (Å²) >= 11 is 0. The van der Waals surface area contributed by atoms with Gasteiger partial charge < -0.3 is 18.9 Å². The van der Waals surface area contributed by atoms with E-state index in [0.29, 0.717) is 0 Å². The van der Waals surface area contributed by atoms with Crippen LogP contribution in [-0.2, 0) is 15.9 Å². The zero-order chi connectivity index (χ0) is 45.4. The number of methoxy groups -OCH3 is 2. The van der Waals surface area contributed by atoms with Gasteiger partial charge in [-0.1, -0.05) is 105 Å². The lowest BCUT2D eigenvalue weighted by Gasteiger charge is -2.18. The van der Waals surface area contributed by atoms with Crippen LogP contribution in [0.5, 0.6) is 11.5 Å². The van der Waals surface area contributed by atoms with Gasteiger partial charge in [-0.3, -0.25) is 0 Å². The van der Waals surface area contributed by atoms with Crippen molar-refractivity contribution < 1.29 is 18.9 Å². The molecule has 1 aromatic rings. The summed E-state index contributed by atoms with van der Waals surface area (Å²) < 4.78 is 22.2. The van der Waals surface area contributed by atoms with Crippen molar-refractivity contribution in [1.82, 2.24) is 0 Å². The average Bonchev–Trinajstić information content (AvgIpc) is 3.20. The Bertz CT molecular complexity index is 1700. The van der Waals surface area contributed by atoms with Crippen LogP contribution in [0.3, 0.4) is 0 Å². The maximum atomic E-state index is 5.99. The Hall–Kier alpha value is -3.60. The molecule has 342 valence electrons. The second-order valence-corrected chi connectivity index (χ2v) is 17.9. The quantitative estimate of drug-likeness (QED) is 0.0535. The van der Waals surface area contributed by atoms with Crippen LogP contribution in [0.4, 0.5) is 0 Å². The first-order chi connectivity index (χ1) is 29.2. The topological polar surface area (TPSA) is 36.9 Å². The van der Waals surface area contributed by atoms with Gasteiger partial charge in [0, 0.05) is 19.8 Å². The van der Waals surface area contributed by atoms with E-state index in [2.05, 4.69) is 144 Å². The van der Waals surface area contributed by atoms with E-state index >= 15 is 0 Å². The Balaban J connectivity index is 2.38. The second kappa shape index (κ2) is 34.0. The van der Waals surface area contributed by atoms with Crippen LogP contribution in [0.1, 0.15) is 189 Å². The molecule has 61 heavy (non-hydrogen) atoms. The SMILES string of the molecule is COCOc1cc(C/C=C(\C)CC/C=C(\C)CC/C=C(\C)CC/C=C(\C)CC/C=C(\C)CC/C=C(\C)CC/C=C(\C)CC/C=C(\C)CCC=C(C)C)[13c](OCOC)c(C)c1C. The fourth-order valence-electron chi connectivity index (χ4n) is 7.18. The zero-order valence-electron chi connectivity index (χ0n) is 41.8. The van der Waals surface area contributed by atoms with Crippen LogP contribution >= 0.6 is 0 Å². The third kappa shape index (κ3) is 27.9. The van der Waals surface area contributed by atoms with Gasteiger partial charge in [0.1, 0.15) is 11.5 Å². The smallest absolute Gasteiger partial charge is 0.188 e. The molecule has 0 N–H and O–H groups in total. The average molecular weight is 840 g/mol. The number of allylic oxidation sites excluding steroid dienone is 18. The molecular formula is C57H90O4. The lowest BCUT2D eigenvalue weighted by molar-refractivity contribution is 0.0470. The first kappa shape index (κ1) is 55.4. The molecule has 1 rings (SSSR count). The third-order valence-corrected chi connectivity index (χ3v) is 11.5. The largest absolute Gasteiger partial charge is 0.467 e. The Kier molecular flexibility index (Phi) is 30.8. The fourth-order valence-corrected chi connectivity index (χ4v) is 7.18. The molecule has 0 aliphatic rings. The Morgan fingerprint density at radius 1 is 0.393 bits per heavy atom. The van der Waals surface area contributed by atoms with E-state index in [9.17, 15) is 0 Å². The molecule has 0 bridgehead atoms. The molecule has 0 aromatic heterocycles. The standard InChI is InChI=1S/C57H90O4/c1-44(2)23-15-24-45(3)25-16-26-46(4)27-17-28-47(5)29-18-30-48(6)31-19-32-49(7)33-20-34-50(8)35-21-36-51(9)37-22-38-52(10)39-40-55-41-56(60-42-58-13)53(11)54(12)57(55)61-43-59-14/h23,25,27,29,31,33,35,37,39,41H,15-22,24,26,28,30,32,34,36,38,40,42-43H2,1-14H3/b45-25+,46-27+,47-29+,48-31+,49-33+,50-35+,51-37+,52-39+/i57+1. The van der Waals surface area contributed by atoms with Crippen LogP contribution in [-0.4, -0.2) is 27.8 Å². The molecule has 0 saturated carbocycles. The molecule has 0 saturated heterocycles. The lowest BCUT2D eigenvalue weighted by Crippen LogP contribution is -2.07. The van der Waals surface area contributed by atoms with Crippen molar-refractivity contribution in [3.8, 4) is 11.5 Å². The highest BCUT2D eigenvalue weighted by molar-refractivity contribution is 5.53. The van der Waals surface area contributed by atoms with Gasteiger partial charge in [-0.2, -0.15) is 0 Å². The zero-order valence-corrected chi connectivity index (χ0v) is 41.8. The van der Waals surface area contributed by atoms with Crippen molar-refractivity contribution >= 4 is 0 Å². The van der Waals surface area contributed by atoms with E-state index in [0.717, 1.165) is 112 Å². The summed E-state index contributed by atoms with van der Waals surface area (Å²) in [7, 11) is 3.29. The molecule has 0 unspecified atom stereocenters. The summed E-state index contributed by atoms with van der Waals surface area (Å²) in [5.41, 5.74) is 16.6. The predicted octanol–water partition coefficient (Wildman–Crippen LogP) is 17.6. The second-order valence-electron chi connectivity index (χ2n) is 17.9. The predicted molar refractivity (Wildman–Crippen MR) is 268 cm³/mol. The van der Waals surface area contributed by atoms with Crippen molar-refractivity contribution in [2.24, 2.45) is 0 Å². The Morgan fingerprint density at radius 3 is 1.00 bits per heavy atom. The maximum absolute atomic E-state index is 5.99. The van der Waals surface area contributed by atoms with Gasteiger partial charge >= 0.3 is 0 Å². The van der Waals surface area contributed by atoms with Crippen molar-refractivity contribution in [2.75, 3.05) is 27.8 Å². The van der Waals surface area contributed by atoms with Crippen LogP contribution < -0.4 is 9.47 Å². The first-order valence-electron chi connectivity index (χ1n) is 23.4. The van der Waals surface area contributed by atoms with Gasteiger partial charge in [0.2, 0.25) is 0 Å². The number of hydrogen-bond acceptors (Lipinski definition) is 4. The summed E-state index contributed by atoms with van der Waals surface area (Å²) in [6.45, 7) is 27.2. The van der Waals surface area contributed by atoms with E-state index in [4.69, 9.17) is 18.9 Å². The van der Waals surface area contributed by atoms with Crippen LogP contribution in [0.15, 0.2) is 111 Å². The summed E-state index contributed by atoms with van der Waals surface area (Å²) in [4.78, 5) is 0. The van der Waals surface area contributed by atoms with E-state index < -0.39 is 0 Å². The van der Waals surface area contributed by atoms with Crippen molar-refractivity contribution in [3.05, 3.63) is 128 Å². The van der Waals surface area contributed by atoms with Crippen molar-refractivity contribution in [1.29, 1.82) is 0 Å². The minimum Gasteiger partial charge on any atom is -0.467 e. The van der Waals surface area contributed by atoms with Crippen LogP contribution in [0, 0.1) is 13.8 Å². The molecule has 0 radical (unpaired) electrons. The summed E-state index contributed by atoms with van der Waals surface area (Å²) in [5.74, 6) is 1.71. The number of hydrogen-bond donors (Lipinski definition) is 0. The molecule has 4 heteroatoms. The Morgan fingerprint density at radius 2 is 0.689 bits per heavy atom. The summed E-state index contributed by atoms with van der Waals surface area (Å²) in [6.07, 6.45) is 40.8.